The average Bonchev–Trinajstić information content (AvgIpc) is 2.56. The molecular weight excluding hydrogens is 336 g/mol. The second-order valence-corrected chi connectivity index (χ2v) is 6.39. The van der Waals surface area contributed by atoms with E-state index >= 15 is 0 Å². The molecule has 0 aliphatic rings. The summed E-state index contributed by atoms with van der Waals surface area (Å²) in [5.41, 5.74) is -0.231. The number of amides is 2. The number of carbonyl (C=O) groups excluding carboxylic acids is 2. The van der Waals surface area contributed by atoms with E-state index in [1.807, 2.05) is 6.07 Å². The van der Waals surface area contributed by atoms with Gasteiger partial charge in [-0.3, -0.25) is 0 Å². The Morgan fingerprint density at radius 3 is 2.46 bits per heavy atom. The lowest BCUT2D eigenvalue weighted by atomic mass is 10.2. The molecule has 0 radical (unpaired) electrons. The average molecular weight is 360 g/mol. The van der Waals surface area contributed by atoms with Crippen molar-refractivity contribution in [2.24, 2.45) is 0 Å². The first-order valence-electron chi connectivity index (χ1n) is 8.11. The number of ether oxygens (including phenoxy) is 3. The summed E-state index contributed by atoms with van der Waals surface area (Å²) in [5, 5.41) is 8.69. The van der Waals surface area contributed by atoms with Crippen LogP contribution in [0, 0.1) is 11.3 Å². The van der Waals surface area contributed by atoms with Gasteiger partial charge in [-0.05, 0) is 46.8 Å². The fraction of sp³-hybridized carbons (Fsp3) is 0.421. The molecule has 0 bridgehead atoms. The van der Waals surface area contributed by atoms with Crippen molar-refractivity contribution in [2.75, 3.05) is 6.61 Å². The van der Waals surface area contributed by atoms with Crippen molar-refractivity contribution in [1.29, 1.82) is 5.26 Å². The van der Waals surface area contributed by atoms with Gasteiger partial charge in [-0.1, -0.05) is 18.2 Å². The number of hydrogen-bond donors (Lipinski definition) is 0. The van der Waals surface area contributed by atoms with Crippen LogP contribution in [0.4, 0.5) is 9.59 Å². The number of benzene rings is 1. The normalized spacial score (nSPS) is 11.3. The second kappa shape index (κ2) is 9.47. The summed E-state index contributed by atoms with van der Waals surface area (Å²) in [4.78, 5) is 25.8. The van der Waals surface area contributed by atoms with E-state index < -0.39 is 17.8 Å². The van der Waals surface area contributed by atoms with Gasteiger partial charge >= 0.3 is 12.2 Å². The standard InChI is InChI=1S/C19H24N2O5/c1-6-14(2)25-17(22)21(18(23)26-19(3,4)5)13-15-9-7-8-10-16(15)24-12-11-20/h6-10H,12-13H2,1-5H3/b14-6+. The van der Waals surface area contributed by atoms with Crippen LogP contribution in [0.2, 0.25) is 0 Å². The molecule has 26 heavy (non-hydrogen) atoms. The highest BCUT2D eigenvalue weighted by atomic mass is 16.6. The zero-order valence-corrected chi connectivity index (χ0v) is 15.7. The van der Waals surface area contributed by atoms with Crippen LogP contribution < -0.4 is 4.74 Å². The second-order valence-electron chi connectivity index (χ2n) is 6.39. The van der Waals surface area contributed by atoms with Crippen LogP contribution in [0.5, 0.6) is 5.75 Å². The van der Waals surface area contributed by atoms with E-state index in [9.17, 15) is 9.59 Å². The summed E-state index contributed by atoms with van der Waals surface area (Å²) >= 11 is 0. The van der Waals surface area contributed by atoms with E-state index in [1.54, 1.807) is 65.0 Å². The maximum atomic E-state index is 12.5. The molecular formula is C19H24N2O5. The molecule has 0 heterocycles. The molecule has 1 rings (SSSR count). The van der Waals surface area contributed by atoms with Gasteiger partial charge in [-0.15, -0.1) is 0 Å². The Morgan fingerprint density at radius 1 is 1.23 bits per heavy atom. The first kappa shape index (κ1) is 21.0. The molecule has 0 N–H and O–H groups in total. The first-order chi connectivity index (χ1) is 12.2. The number of rotatable bonds is 5. The molecule has 2 amide bonds. The summed E-state index contributed by atoms with van der Waals surface area (Å²) in [6.45, 7) is 8.17. The fourth-order valence-electron chi connectivity index (χ4n) is 1.83. The van der Waals surface area contributed by atoms with Crippen LogP contribution in [0.25, 0.3) is 0 Å². The minimum Gasteiger partial charge on any atom is -0.478 e. The summed E-state index contributed by atoms with van der Waals surface area (Å²) in [5.74, 6) is 0.760. The number of nitriles is 1. The third kappa shape index (κ3) is 6.85. The smallest absolute Gasteiger partial charge is 0.424 e. The Morgan fingerprint density at radius 2 is 1.88 bits per heavy atom. The van der Waals surface area contributed by atoms with Crippen LogP contribution in [-0.2, 0) is 16.0 Å². The molecule has 0 unspecified atom stereocenters. The molecule has 0 spiro atoms. The number of nitrogens with zero attached hydrogens (tertiary/aromatic N) is 2. The van der Waals surface area contributed by atoms with Gasteiger partial charge in [0.25, 0.3) is 0 Å². The lowest BCUT2D eigenvalue weighted by Crippen LogP contribution is -2.40. The van der Waals surface area contributed by atoms with E-state index in [2.05, 4.69) is 0 Å². The molecule has 0 saturated heterocycles. The van der Waals surface area contributed by atoms with Gasteiger partial charge in [-0.2, -0.15) is 5.26 Å². The van der Waals surface area contributed by atoms with Gasteiger partial charge in [-0.25, -0.2) is 14.5 Å². The molecule has 0 aliphatic carbocycles. The largest absolute Gasteiger partial charge is 0.478 e. The van der Waals surface area contributed by atoms with Gasteiger partial charge in [0, 0.05) is 5.56 Å². The van der Waals surface area contributed by atoms with Gasteiger partial charge in [0.2, 0.25) is 0 Å². The lowest BCUT2D eigenvalue weighted by molar-refractivity contribution is 0.0237. The van der Waals surface area contributed by atoms with Crippen LogP contribution in [0.1, 0.15) is 40.2 Å². The first-order valence-corrected chi connectivity index (χ1v) is 8.11. The van der Waals surface area contributed by atoms with Gasteiger partial charge in [0.1, 0.15) is 23.2 Å². The molecule has 140 valence electrons. The highest BCUT2D eigenvalue weighted by Gasteiger charge is 2.29. The lowest BCUT2D eigenvalue weighted by Gasteiger charge is -2.26. The van der Waals surface area contributed by atoms with Crippen molar-refractivity contribution in [3.8, 4) is 11.8 Å². The molecule has 7 heteroatoms. The molecule has 0 aliphatic heterocycles. The number of allylic oxidation sites excluding steroid dienone is 2. The molecule has 1 aromatic rings. The van der Waals surface area contributed by atoms with Crippen molar-refractivity contribution in [3.05, 3.63) is 41.7 Å². The number of carbonyl (C=O) groups is 2. The number of hydrogen-bond acceptors (Lipinski definition) is 6. The summed E-state index contributed by atoms with van der Waals surface area (Å²) in [6, 6.07) is 8.70. The van der Waals surface area contributed by atoms with Crippen LogP contribution in [0.3, 0.4) is 0 Å². The summed E-state index contributed by atoms with van der Waals surface area (Å²) in [7, 11) is 0. The Kier molecular flexibility index (Phi) is 7.66. The zero-order chi connectivity index (χ0) is 19.7. The number of imide groups is 1. The minimum absolute atomic E-state index is 0.119. The van der Waals surface area contributed by atoms with Crippen molar-refractivity contribution in [3.63, 3.8) is 0 Å². The minimum atomic E-state index is -0.857. The summed E-state index contributed by atoms with van der Waals surface area (Å²) in [6.07, 6.45) is -0.0822. The van der Waals surface area contributed by atoms with Crippen LogP contribution in [-0.4, -0.2) is 29.3 Å². The van der Waals surface area contributed by atoms with E-state index in [1.165, 1.54) is 0 Å². The highest BCUT2D eigenvalue weighted by molar-refractivity contribution is 5.88. The van der Waals surface area contributed by atoms with E-state index in [-0.39, 0.29) is 13.2 Å². The van der Waals surface area contributed by atoms with Crippen molar-refractivity contribution < 1.29 is 23.8 Å². The molecule has 7 nitrogen and oxygen atoms in total. The Hall–Kier alpha value is -3.01. The predicted octanol–water partition coefficient (Wildman–Crippen LogP) is 4.39. The monoisotopic (exact) mass is 360 g/mol. The van der Waals surface area contributed by atoms with E-state index in [0.717, 1.165) is 4.90 Å². The number of para-hydroxylation sites is 1. The molecule has 0 saturated carbocycles. The predicted molar refractivity (Wildman–Crippen MR) is 95.2 cm³/mol. The van der Waals surface area contributed by atoms with Crippen molar-refractivity contribution >= 4 is 12.2 Å². The Labute approximate surface area is 153 Å². The zero-order valence-electron chi connectivity index (χ0n) is 15.7. The molecule has 0 aromatic heterocycles. The Balaban J connectivity index is 3.11. The van der Waals surface area contributed by atoms with Crippen LogP contribution >= 0.6 is 0 Å². The maximum absolute atomic E-state index is 12.5. The van der Waals surface area contributed by atoms with E-state index in [0.29, 0.717) is 17.1 Å². The quantitative estimate of drug-likeness (QED) is 0.724. The topological polar surface area (TPSA) is 88.9 Å². The fourth-order valence-corrected chi connectivity index (χ4v) is 1.83. The van der Waals surface area contributed by atoms with Gasteiger partial charge < -0.3 is 14.2 Å². The third-order valence-corrected chi connectivity index (χ3v) is 3.08. The SMILES string of the molecule is C/C=C(\C)OC(=O)N(Cc1ccccc1OCC#N)C(=O)OC(C)(C)C. The van der Waals surface area contributed by atoms with Gasteiger partial charge in [0.05, 0.1) is 6.54 Å². The maximum Gasteiger partial charge on any atom is 0.424 e. The van der Waals surface area contributed by atoms with Crippen molar-refractivity contribution in [1.82, 2.24) is 4.90 Å². The summed E-state index contributed by atoms with van der Waals surface area (Å²) < 4.78 is 15.8. The molecule has 1 aromatic carbocycles. The van der Waals surface area contributed by atoms with Gasteiger partial charge in [0.15, 0.2) is 6.61 Å². The molecule has 0 fully saturated rings. The van der Waals surface area contributed by atoms with E-state index in [4.69, 9.17) is 19.5 Å². The van der Waals surface area contributed by atoms with Crippen molar-refractivity contribution in [2.45, 2.75) is 46.8 Å². The van der Waals surface area contributed by atoms with Crippen LogP contribution in [0.15, 0.2) is 36.1 Å². The Bertz CT molecular complexity index is 713. The molecule has 0 atom stereocenters. The highest BCUT2D eigenvalue weighted by Crippen LogP contribution is 2.22. The third-order valence-electron chi connectivity index (χ3n) is 3.08.